The molecule has 0 spiro atoms. The molecule has 5 rings (SSSR count). The number of anilines is 1. The second kappa shape index (κ2) is 6.94. The molecule has 2 atom stereocenters. The lowest BCUT2D eigenvalue weighted by Crippen LogP contribution is -2.36. The number of fused-ring (bicyclic) bond motifs is 3. The summed E-state index contributed by atoms with van der Waals surface area (Å²) in [5, 5.41) is 6.98. The summed E-state index contributed by atoms with van der Waals surface area (Å²) in [5.41, 5.74) is 4.38. The number of carbonyl (C=O) groups excluding carboxylic acids is 1. The highest BCUT2D eigenvalue weighted by Gasteiger charge is 2.33. The number of aromatic nitrogens is 2. The molecular formula is C21H26FN5O3S. The summed E-state index contributed by atoms with van der Waals surface area (Å²) < 4.78 is 45.1. The highest BCUT2D eigenvalue weighted by Crippen LogP contribution is 2.39. The Morgan fingerprint density at radius 3 is 2.94 bits per heavy atom. The Balaban J connectivity index is 1.40. The van der Waals surface area contributed by atoms with E-state index >= 15 is 0 Å². The van der Waals surface area contributed by atoms with Crippen LogP contribution in [0.3, 0.4) is 0 Å². The molecule has 166 valence electrons. The molecule has 10 heteroatoms. The van der Waals surface area contributed by atoms with E-state index in [0.29, 0.717) is 25.3 Å². The van der Waals surface area contributed by atoms with Crippen molar-refractivity contribution in [2.45, 2.75) is 63.6 Å². The van der Waals surface area contributed by atoms with Gasteiger partial charge in [-0.25, -0.2) is 27.6 Å². The Morgan fingerprint density at radius 1 is 1.32 bits per heavy atom. The van der Waals surface area contributed by atoms with E-state index in [4.69, 9.17) is 9.52 Å². The molecule has 31 heavy (non-hydrogen) atoms. The quantitative estimate of drug-likeness (QED) is 0.670. The zero-order chi connectivity index (χ0) is 22.0. The van der Waals surface area contributed by atoms with E-state index in [-0.39, 0.29) is 22.6 Å². The summed E-state index contributed by atoms with van der Waals surface area (Å²) in [6.07, 6.45) is 3.67. The fourth-order valence-electron chi connectivity index (χ4n) is 4.80. The summed E-state index contributed by atoms with van der Waals surface area (Å²) in [7, 11) is -3.70. The van der Waals surface area contributed by atoms with E-state index in [1.165, 1.54) is 6.20 Å². The number of amides is 2. The van der Waals surface area contributed by atoms with Gasteiger partial charge < -0.3 is 10.1 Å². The van der Waals surface area contributed by atoms with Crippen LogP contribution in [0.4, 0.5) is 14.9 Å². The average molecular weight is 448 g/mol. The zero-order valence-electron chi connectivity index (χ0n) is 17.6. The second-order valence-electron chi connectivity index (χ2n) is 9.42. The third kappa shape index (κ3) is 3.56. The van der Waals surface area contributed by atoms with Crippen LogP contribution in [0.25, 0.3) is 0 Å². The van der Waals surface area contributed by atoms with E-state index in [9.17, 15) is 13.4 Å². The SMILES string of the molecule is CC1(C)COc2c(S(=N)(=O)NC(=O)Nc3c4c(cc5c3CC(F)C5)CCC4)cnn2C1. The molecule has 0 saturated heterocycles. The van der Waals surface area contributed by atoms with Gasteiger partial charge in [0, 0.05) is 23.9 Å². The monoisotopic (exact) mass is 447 g/mol. The number of hydrogen-bond acceptors (Lipinski definition) is 5. The van der Waals surface area contributed by atoms with Crippen molar-refractivity contribution in [2.24, 2.45) is 5.41 Å². The zero-order valence-corrected chi connectivity index (χ0v) is 18.4. The molecule has 0 bridgehead atoms. The Kier molecular flexibility index (Phi) is 4.55. The van der Waals surface area contributed by atoms with E-state index < -0.39 is 22.1 Å². The molecule has 2 amide bonds. The van der Waals surface area contributed by atoms with Crippen LogP contribution >= 0.6 is 0 Å². The van der Waals surface area contributed by atoms with Gasteiger partial charge in [0.15, 0.2) is 9.92 Å². The Labute approximate surface area is 180 Å². The van der Waals surface area contributed by atoms with Gasteiger partial charge in [0.25, 0.3) is 0 Å². The number of rotatable bonds is 3. The van der Waals surface area contributed by atoms with Crippen LogP contribution in [-0.2, 0) is 42.1 Å². The number of ether oxygens (including phenoxy) is 1. The first-order valence-corrected chi connectivity index (χ1v) is 12.1. The van der Waals surface area contributed by atoms with Gasteiger partial charge in [-0.05, 0) is 41.5 Å². The molecule has 2 unspecified atom stereocenters. The number of aryl methyl sites for hydroxylation is 1. The Morgan fingerprint density at radius 2 is 2.13 bits per heavy atom. The number of carbonyl (C=O) groups is 1. The van der Waals surface area contributed by atoms with Gasteiger partial charge in [0.2, 0.25) is 5.88 Å². The molecule has 3 aliphatic rings. The minimum absolute atomic E-state index is 0.0468. The maximum atomic E-state index is 14.1. The fraction of sp³-hybridized carbons (Fsp3) is 0.524. The number of alkyl halides is 1. The third-order valence-electron chi connectivity index (χ3n) is 6.19. The lowest BCUT2D eigenvalue weighted by Gasteiger charge is -2.30. The van der Waals surface area contributed by atoms with Gasteiger partial charge in [-0.15, -0.1) is 0 Å². The molecule has 2 aromatic rings. The van der Waals surface area contributed by atoms with Crippen molar-refractivity contribution in [3.8, 4) is 5.88 Å². The molecule has 1 aromatic heterocycles. The molecule has 1 aliphatic heterocycles. The standard InChI is InChI=1S/C21H26FN5O3S/c1-21(2)10-27-19(30-11-21)17(9-24-27)31(23,29)26-20(28)25-18-15-5-3-4-12(15)6-13-7-14(22)8-16(13)18/h6,9,14H,3-5,7-8,10-11H2,1-2H3,(H3,23,25,26,28,29). The van der Waals surface area contributed by atoms with Crippen molar-refractivity contribution in [2.75, 3.05) is 11.9 Å². The summed E-state index contributed by atoms with van der Waals surface area (Å²) in [5.74, 6) is 0.251. The molecule has 0 radical (unpaired) electrons. The van der Waals surface area contributed by atoms with Gasteiger partial charge in [0.05, 0.1) is 19.3 Å². The van der Waals surface area contributed by atoms with Crippen LogP contribution in [0.15, 0.2) is 17.2 Å². The number of hydrogen-bond donors (Lipinski definition) is 3. The van der Waals surface area contributed by atoms with Gasteiger partial charge in [-0.2, -0.15) is 5.10 Å². The number of urea groups is 1. The van der Waals surface area contributed by atoms with Gasteiger partial charge in [0.1, 0.15) is 11.1 Å². The number of halogens is 1. The van der Waals surface area contributed by atoms with Gasteiger partial charge in [-0.3, -0.25) is 0 Å². The van der Waals surface area contributed by atoms with Crippen LogP contribution in [0.2, 0.25) is 0 Å². The van der Waals surface area contributed by atoms with E-state index in [0.717, 1.165) is 41.5 Å². The molecule has 2 aliphatic carbocycles. The van der Waals surface area contributed by atoms with Crippen molar-refractivity contribution in [3.63, 3.8) is 0 Å². The number of nitrogens with zero attached hydrogens (tertiary/aromatic N) is 2. The molecular weight excluding hydrogens is 421 g/mol. The predicted octanol–water partition coefficient (Wildman–Crippen LogP) is 3.37. The molecule has 0 fully saturated rings. The smallest absolute Gasteiger partial charge is 0.331 e. The van der Waals surface area contributed by atoms with Crippen LogP contribution in [0.1, 0.15) is 42.5 Å². The lowest BCUT2D eigenvalue weighted by atomic mass is 9.94. The highest BCUT2D eigenvalue weighted by atomic mass is 32.2. The molecule has 1 aromatic carbocycles. The van der Waals surface area contributed by atoms with Crippen LogP contribution in [-0.4, -0.2) is 32.8 Å². The van der Waals surface area contributed by atoms with Gasteiger partial charge in [-0.1, -0.05) is 19.9 Å². The first-order valence-electron chi connectivity index (χ1n) is 10.5. The molecule has 8 nitrogen and oxygen atoms in total. The minimum atomic E-state index is -3.70. The topological polar surface area (TPSA) is 109 Å². The lowest BCUT2D eigenvalue weighted by molar-refractivity contribution is 0.0971. The number of nitrogens with one attached hydrogen (secondary N) is 3. The summed E-state index contributed by atoms with van der Waals surface area (Å²) >= 11 is 0. The van der Waals surface area contributed by atoms with Crippen molar-refractivity contribution >= 4 is 21.6 Å². The maximum absolute atomic E-state index is 14.1. The minimum Gasteiger partial charge on any atom is -0.476 e. The largest absolute Gasteiger partial charge is 0.476 e. The van der Waals surface area contributed by atoms with E-state index in [2.05, 4.69) is 21.2 Å². The van der Waals surface area contributed by atoms with Crippen molar-refractivity contribution in [3.05, 3.63) is 34.5 Å². The van der Waals surface area contributed by atoms with Crippen LogP contribution in [0.5, 0.6) is 5.88 Å². The Hall–Kier alpha value is -2.62. The van der Waals surface area contributed by atoms with Crippen LogP contribution < -0.4 is 14.8 Å². The van der Waals surface area contributed by atoms with E-state index in [1.807, 2.05) is 13.8 Å². The average Bonchev–Trinajstić information content (AvgIpc) is 3.37. The highest BCUT2D eigenvalue weighted by molar-refractivity contribution is 7.91. The fourth-order valence-corrected chi connectivity index (χ4v) is 5.83. The number of benzene rings is 1. The van der Waals surface area contributed by atoms with Crippen molar-refractivity contribution in [1.29, 1.82) is 4.78 Å². The molecule has 0 saturated carbocycles. The van der Waals surface area contributed by atoms with Crippen LogP contribution in [0, 0.1) is 10.2 Å². The second-order valence-corrected chi connectivity index (χ2v) is 11.2. The maximum Gasteiger partial charge on any atom is 0.331 e. The van der Waals surface area contributed by atoms with Gasteiger partial charge >= 0.3 is 6.03 Å². The van der Waals surface area contributed by atoms with E-state index in [1.54, 1.807) is 4.68 Å². The summed E-state index contributed by atoms with van der Waals surface area (Å²) in [4.78, 5) is 12.8. The summed E-state index contributed by atoms with van der Waals surface area (Å²) in [6, 6.07) is 1.31. The van der Waals surface area contributed by atoms with Crippen molar-refractivity contribution in [1.82, 2.24) is 14.5 Å². The Bertz CT molecular complexity index is 1190. The third-order valence-corrected chi connectivity index (χ3v) is 7.56. The summed E-state index contributed by atoms with van der Waals surface area (Å²) in [6.45, 7) is 5.02. The normalized spacial score (nSPS) is 22.6. The van der Waals surface area contributed by atoms with Crippen molar-refractivity contribution < 1.29 is 18.1 Å². The molecule has 2 heterocycles. The first-order chi connectivity index (χ1) is 14.6. The first kappa shape index (κ1) is 20.3. The molecule has 3 N–H and O–H groups in total. The predicted molar refractivity (Wildman–Crippen MR) is 114 cm³/mol.